The summed E-state index contributed by atoms with van der Waals surface area (Å²) in [7, 11) is 0. The number of carbonyl (C=O) groups excluding carboxylic acids is 2. The number of fused-ring (bicyclic) bond motifs is 1. The van der Waals surface area contributed by atoms with Crippen LogP contribution in [0.25, 0.3) is 0 Å². The molecule has 0 radical (unpaired) electrons. The van der Waals surface area contributed by atoms with Crippen LogP contribution in [0.5, 0.6) is 0 Å². The van der Waals surface area contributed by atoms with Crippen LogP contribution in [0.2, 0.25) is 0 Å². The molecule has 0 spiro atoms. The smallest absolute Gasteiger partial charge is 0.231 e. The fraction of sp³-hybridized carbons (Fsp3) is 0.375. The van der Waals surface area contributed by atoms with E-state index in [0.717, 1.165) is 18.5 Å². The lowest BCUT2D eigenvalue weighted by molar-refractivity contribution is -0.122. The molecule has 2 amide bonds. The molecule has 7 heteroatoms. The number of benzene rings is 1. The third-order valence-electron chi connectivity index (χ3n) is 4.48. The maximum atomic E-state index is 12.3. The van der Waals surface area contributed by atoms with Crippen molar-refractivity contribution in [2.45, 2.75) is 25.7 Å². The van der Waals surface area contributed by atoms with Crippen molar-refractivity contribution in [3.63, 3.8) is 0 Å². The molecule has 1 aliphatic carbocycles. The predicted molar refractivity (Wildman–Crippen MR) is 87.5 cm³/mol. The Labute approximate surface area is 137 Å². The van der Waals surface area contributed by atoms with Gasteiger partial charge < -0.3 is 10.2 Å². The second-order valence-corrected chi connectivity index (χ2v) is 6.78. The summed E-state index contributed by atoms with van der Waals surface area (Å²) in [6.45, 7) is 0.419. The van der Waals surface area contributed by atoms with Crippen LogP contribution in [0.1, 0.15) is 24.0 Å². The SMILES string of the molecule is O=C(Nc1nncs1)[C@@H]1CC(=O)N(c2ccc3c(c2)CCC3)C1. The molecule has 23 heavy (non-hydrogen) atoms. The van der Waals surface area contributed by atoms with E-state index in [2.05, 4.69) is 27.6 Å². The summed E-state index contributed by atoms with van der Waals surface area (Å²) in [5.41, 5.74) is 5.18. The number of carbonyl (C=O) groups is 2. The number of nitrogens with zero attached hydrogens (tertiary/aromatic N) is 3. The molecule has 1 N–H and O–H groups in total. The van der Waals surface area contributed by atoms with E-state index in [1.165, 1.54) is 28.9 Å². The van der Waals surface area contributed by atoms with Gasteiger partial charge in [0, 0.05) is 18.7 Å². The van der Waals surface area contributed by atoms with Crippen molar-refractivity contribution in [3.8, 4) is 0 Å². The van der Waals surface area contributed by atoms with Crippen molar-refractivity contribution in [2.75, 3.05) is 16.8 Å². The molecule has 1 aromatic heterocycles. The van der Waals surface area contributed by atoms with E-state index in [1.54, 1.807) is 10.4 Å². The molecule has 2 aromatic rings. The van der Waals surface area contributed by atoms with Crippen LogP contribution >= 0.6 is 11.3 Å². The van der Waals surface area contributed by atoms with Crippen LogP contribution in [0.4, 0.5) is 10.8 Å². The minimum atomic E-state index is -0.348. The Morgan fingerprint density at radius 2 is 2.17 bits per heavy atom. The molecule has 0 unspecified atom stereocenters. The van der Waals surface area contributed by atoms with Gasteiger partial charge in [-0.1, -0.05) is 17.4 Å². The first-order chi connectivity index (χ1) is 11.2. The minimum Gasteiger partial charge on any atom is -0.312 e. The van der Waals surface area contributed by atoms with Crippen LogP contribution < -0.4 is 10.2 Å². The quantitative estimate of drug-likeness (QED) is 0.935. The van der Waals surface area contributed by atoms with E-state index in [9.17, 15) is 9.59 Å². The van der Waals surface area contributed by atoms with Gasteiger partial charge in [0.1, 0.15) is 5.51 Å². The van der Waals surface area contributed by atoms with Gasteiger partial charge in [0.15, 0.2) is 0 Å². The third kappa shape index (κ3) is 2.72. The molecular weight excluding hydrogens is 312 g/mol. The van der Waals surface area contributed by atoms with E-state index in [1.807, 2.05) is 6.07 Å². The molecule has 1 aromatic carbocycles. The molecule has 4 rings (SSSR count). The number of aryl methyl sites for hydroxylation is 2. The summed E-state index contributed by atoms with van der Waals surface area (Å²) in [6.07, 6.45) is 3.62. The number of rotatable bonds is 3. The maximum Gasteiger partial charge on any atom is 0.231 e. The molecule has 2 aliphatic rings. The summed E-state index contributed by atoms with van der Waals surface area (Å²) < 4.78 is 0. The number of hydrogen-bond acceptors (Lipinski definition) is 5. The molecule has 1 atom stereocenters. The van der Waals surface area contributed by atoms with E-state index in [-0.39, 0.29) is 24.2 Å². The molecular formula is C16H16N4O2S. The van der Waals surface area contributed by atoms with Gasteiger partial charge in [-0.2, -0.15) is 0 Å². The highest BCUT2D eigenvalue weighted by molar-refractivity contribution is 7.13. The summed E-state index contributed by atoms with van der Waals surface area (Å²) in [5.74, 6) is -0.515. The van der Waals surface area contributed by atoms with Gasteiger partial charge in [-0.25, -0.2) is 0 Å². The summed E-state index contributed by atoms with van der Waals surface area (Å²) in [4.78, 5) is 26.3. The zero-order chi connectivity index (χ0) is 15.8. The summed E-state index contributed by atoms with van der Waals surface area (Å²) in [6, 6.07) is 6.21. The first-order valence-electron chi connectivity index (χ1n) is 7.70. The zero-order valence-electron chi connectivity index (χ0n) is 12.5. The number of amides is 2. The molecule has 1 fully saturated rings. The third-order valence-corrected chi connectivity index (χ3v) is 5.09. The van der Waals surface area contributed by atoms with Crippen LogP contribution in [-0.4, -0.2) is 28.6 Å². The zero-order valence-corrected chi connectivity index (χ0v) is 13.3. The fourth-order valence-electron chi connectivity index (χ4n) is 3.29. The Morgan fingerprint density at radius 3 is 3.00 bits per heavy atom. The highest BCUT2D eigenvalue weighted by Crippen LogP contribution is 2.31. The summed E-state index contributed by atoms with van der Waals surface area (Å²) in [5, 5.41) is 10.7. The van der Waals surface area contributed by atoms with Crippen molar-refractivity contribution < 1.29 is 9.59 Å². The van der Waals surface area contributed by atoms with Gasteiger partial charge in [-0.3, -0.25) is 9.59 Å². The lowest BCUT2D eigenvalue weighted by atomic mass is 10.1. The number of nitrogens with one attached hydrogen (secondary N) is 1. The van der Waals surface area contributed by atoms with Crippen LogP contribution in [0.15, 0.2) is 23.7 Å². The first kappa shape index (κ1) is 14.3. The lowest BCUT2D eigenvalue weighted by Gasteiger charge is -2.17. The minimum absolute atomic E-state index is 0.000334. The van der Waals surface area contributed by atoms with Gasteiger partial charge in [-0.05, 0) is 42.5 Å². The van der Waals surface area contributed by atoms with Gasteiger partial charge in [-0.15, -0.1) is 10.2 Å². The van der Waals surface area contributed by atoms with E-state index < -0.39 is 0 Å². The Balaban J connectivity index is 1.49. The molecule has 118 valence electrons. The average Bonchev–Trinajstić information content (AvgIpc) is 3.26. The van der Waals surface area contributed by atoms with Gasteiger partial charge in [0.25, 0.3) is 0 Å². The van der Waals surface area contributed by atoms with Crippen molar-refractivity contribution >= 4 is 34.0 Å². The number of aromatic nitrogens is 2. The predicted octanol–water partition coefficient (Wildman–Crippen LogP) is 2.02. The Hall–Kier alpha value is -2.28. The average molecular weight is 328 g/mol. The van der Waals surface area contributed by atoms with Crippen molar-refractivity contribution in [3.05, 3.63) is 34.8 Å². The normalized spacial score (nSPS) is 19.9. The summed E-state index contributed by atoms with van der Waals surface area (Å²) >= 11 is 1.27. The van der Waals surface area contributed by atoms with Gasteiger partial charge >= 0.3 is 0 Å². The second-order valence-electron chi connectivity index (χ2n) is 5.95. The Kier molecular flexibility index (Phi) is 3.57. The largest absolute Gasteiger partial charge is 0.312 e. The maximum absolute atomic E-state index is 12.3. The standard InChI is InChI=1S/C16H16N4O2S/c21-14-7-12(15(22)18-16-19-17-9-23-16)8-20(14)13-5-4-10-2-1-3-11(10)6-13/h4-6,9,12H,1-3,7-8H2,(H,18,19,22)/t12-/m1/s1. The van der Waals surface area contributed by atoms with Crippen LogP contribution in [0.3, 0.4) is 0 Å². The molecule has 1 aliphatic heterocycles. The molecule has 1 saturated heterocycles. The van der Waals surface area contributed by atoms with E-state index in [4.69, 9.17) is 0 Å². The first-order valence-corrected chi connectivity index (χ1v) is 8.58. The molecule has 6 nitrogen and oxygen atoms in total. The highest BCUT2D eigenvalue weighted by Gasteiger charge is 2.35. The Bertz CT molecular complexity index is 759. The van der Waals surface area contributed by atoms with E-state index >= 15 is 0 Å². The number of hydrogen-bond donors (Lipinski definition) is 1. The van der Waals surface area contributed by atoms with Crippen LogP contribution in [0, 0.1) is 5.92 Å². The molecule has 0 bridgehead atoms. The second kappa shape index (κ2) is 5.73. The number of anilines is 2. The molecule has 2 heterocycles. The van der Waals surface area contributed by atoms with Crippen LogP contribution in [-0.2, 0) is 22.4 Å². The lowest BCUT2D eigenvalue weighted by Crippen LogP contribution is -2.28. The highest BCUT2D eigenvalue weighted by atomic mass is 32.1. The monoisotopic (exact) mass is 328 g/mol. The van der Waals surface area contributed by atoms with Gasteiger partial charge in [0.2, 0.25) is 16.9 Å². The Morgan fingerprint density at radius 1 is 1.30 bits per heavy atom. The van der Waals surface area contributed by atoms with Crippen molar-refractivity contribution in [2.24, 2.45) is 5.92 Å². The van der Waals surface area contributed by atoms with Gasteiger partial charge in [0.05, 0.1) is 5.92 Å². The fourth-order valence-corrected chi connectivity index (χ4v) is 3.74. The molecule has 0 saturated carbocycles. The van der Waals surface area contributed by atoms with Crippen molar-refractivity contribution in [1.82, 2.24) is 10.2 Å². The topological polar surface area (TPSA) is 75.2 Å². The van der Waals surface area contributed by atoms with Crippen molar-refractivity contribution in [1.29, 1.82) is 0 Å². The van der Waals surface area contributed by atoms with E-state index in [0.29, 0.717) is 11.7 Å².